The van der Waals surface area contributed by atoms with Crippen LogP contribution in [0.2, 0.25) is 5.02 Å². The number of hydrogen-bond donors (Lipinski definition) is 1. The van der Waals surface area contributed by atoms with Crippen molar-refractivity contribution in [1.29, 1.82) is 0 Å². The maximum Gasteiger partial charge on any atom is 0.234 e. The van der Waals surface area contributed by atoms with Crippen LogP contribution in [0.15, 0.2) is 47.6 Å². The lowest BCUT2D eigenvalue weighted by Crippen LogP contribution is -2.15. The van der Waals surface area contributed by atoms with Gasteiger partial charge in [-0.25, -0.2) is 0 Å². The number of ether oxygens (including phenoxy) is 1. The van der Waals surface area contributed by atoms with E-state index in [1.54, 1.807) is 6.07 Å². The maximum absolute atomic E-state index is 12.3. The Morgan fingerprint density at radius 2 is 1.93 bits per heavy atom. The van der Waals surface area contributed by atoms with Crippen molar-refractivity contribution in [2.24, 2.45) is 0 Å². The van der Waals surface area contributed by atoms with Gasteiger partial charge in [-0.2, -0.15) is 0 Å². The first-order valence-electron chi connectivity index (χ1n) is 9.82. The van der Waals surface area contributed by atoms with Gasteiger partial charge in [0.25, 0.3) is 0 Å². The molecule has 0 saturated carbocycles. The van der Waals surface area contributed by atoms with Crippen LogP contribution in [-0.2, 0) is 24.4 Å². The van der Waals surface area contributed by atoms with Gasteiger partial charge in [-0.3, -0.25) is 4.79 Å². The predicted octanol–water partition coefficient (Wildman–Crippen LogP) is 5.13. The van der Waals surface area contributed by atoms with Crippen LogP contribution in [0, 0.1) is 6.92 Å². The fraction of sp³-hybridized carbons (Fsp3) is 0.318. The van der Waals surface area contributed by atoms with E-state index < -0.39 is 0 Å². The van der Waals surface area contributed by atoms with Crippen LogP contribution in [0.25, 0.3) is 0 Å². The zero-order valence-electron chi connectivity index (χ0n) is 17.3. The van der Waals surface area contributed by atoms with Gasteiger partial charge < -0.3 is 14.6 Å². The summed E-state index contributed by atoms with van der Waals surface area (Å²) in [6.45, 7) is 7.07. The lowest BCUT2D eigenvalue weighted by atomic mass is 10.2. The van der Waals surface area contributed by atoms with Crippen LogP contribution in [0.3, 0.4) is 0 Å². The van der Waals surface area contributed by atoms with Gasteiger partial charge in [-0.15, -0.1) is 10.2 Å². The third kappa shape index (κ3) is 5.77. The van der Waals surface area contributed by atoms with Gasteiger partial charge >= 0.3 is 0 Å². The minimum atomic E-state index is -0.126. The Hall–Kier alpha value is -2.51. The lowest BCUT2D eigenvalue weighted by Gasteiger charge is -2.10. The molecule has 1 heterocycles. The highest BCUT2D eigenvalue weighted by molar-refractivity contribution is 7.99. The normalized spacial score (nSPS) is 10.8. The molecule has 0 atom stereocenters. The van der Waals surface area contributed by atoms with Crippen molar-refractivity contribution in [3.8, 4) is 5.75 Å². The fourth-order valence-corrected chi connectivity index (χ4v) is 3.82. The molecule has 0 aliphatic heterocycles. The molecule has 1 N–H and O–H groups in total. The SMILES string of the molecule is CCc1ccc(OCc2nnc(SCC(=O)Nc3ccc(C)c(Cl)c3)n2CC)cc1. The average molecular weight is 445 g/mol. The van der Waals surface area contributed by atoms with Crippen molar-refractivity contribution in [3.63, 3.8) is 0 Å². The number of aromatic nitrogens is 3. The zero-order valence-corrected chi connectivity index (χ0v) is 18.9. The molecule has 0 aliphatic rings. The molecule has 0 radical (unpaired) electrons. The molecule has 0 unspecified atom stereocenters. The molecule has 1 amide bonds. The number of nitrogens with zero attached hydrogens (tertiary/aromatic N) is 3. The number of hydrogen-bond acceptors (Lipinski definition) is 5. The van der Waals surface area contributed by atoms with Gasteiger partial charge in [0.2, 0.25) is 5.91 Å². The van der Waals surface area contributed by atoms with Crippen LogP contribution < -0.4 is 10.1 Å². The van der Waals surface area contributed by atoms with Gasteiger partial charge in [0.1, 0.15) is 12.4 Å². The minimum Gasteiger partial charge on any atom is -0.486 e. The average Bonchev–Trinajstić information content (AvgIpc) is 3.15. The van der Waals surface area contributed by atoms with E-state index in [4.69, 9.17) is 16.3 Å². The molecule has 1 aromatic heterocycles. The number of anilines is 1. The molecule has 0 aliphatic carbocycles. The van der Waals surface area contributed by atoms with Crippen molar-refractivity contribution in [1.82, 2.24) is 14.8 Å². The summed E-state index contributed by atoms with van der Waals surface area (Å²) in [5.74, 6) is 1.62. The van der Waals surface area contributed by atoms with E-state index >= 15 is 0 Å². The quantitative estimate of drug-likeness (QED) is 0.463. The molecule has 6 nitrogen and oxygen atoms in total. The van der Waals surface area contributed by atoms with E-state index in [0.717, 1.165) is 23.6 Å². The maximum atomic E-state index is 12.3. The van der Waals surface area contributed by atoms with Gasteiger partial charge in [0.15, 0.2) is 11.0 Å². The standard InChI is InChI=1S/C22H25ClN4O2S/c1-4-16-7-10-18(11-8-16)29-13-20-25-26-22(27(20)5-2)30-14-21(28)24-17-9-6-15(3)19(23)12-17/h6-12H,4-5,13-14H2,1-3H3,(H,24,28). The molecule has 3 rings (SSSR count). The third-order valence-corrected chi connectivity index (χ3v) is 5.97. The molecule has 0 spiro atoms. The molecule has 158 valence electrons. The van der Waals surface area contributed by atoms with Crippen LogP contribution in [0.5, 0.6) is 5.75 Å². The van der Waals surface area contributed by atoms with E-state index in [2.05, 4.69) is 34.6 Å². The summed E-state index contributed by atoms with van der Waals surface area (Å²) in [6.07, 6.45) is 0.996. The van der Waals surface area contributed by atoms with E-state index in [1.165, 1.54) is 17.3 Å². The highest BCUT2D eigenvalue weighted by atomic mass is 35.5. The largest absolute Gasteiger partial charge is 0.486 e. The Balaban J connectivity index is 1.56. The highest BCUT2D eigenvalue weighted by Gasteiger charge is 2.14. The molecule has 8 heteroatoms. The predicted molar refractivity (Wildman–Crippen MR) is 121 cm³/mol. The van der Waals surface area contributed by atoms with Gasteiger partial charge in [-0.1, -0.05) is 48.5 Å². The lowest BCUT2D eigenvalue weighted by molar-refractivity contribution is -0.113. The number of thioether (sulfide) groups is 1. The van der Waals surface area contributed by atoms with Crippen molar-refractivity contribution in [2.45, 2.75) is 45.5 Å². The number of benzene rings is 2. The summed E-state index contributed by atoms with van der Waals surface area (Å²) in [4.78, 5) is 12.3. The smallest absolute Gasteiger partial charge is 0.234 e. The zero-order chi connectivity index (χ0) is 21.5. The molecular weight excluding hydrogens is 420 g/mol. The number of carbonyl (C=O) groups excluding carboxylic acids is 1. The number of halogens is 1. The summed E-state index contributed by atoms with van der Waals surface area (Å²) in [6, 6.07) is 13.5. The Labute approximate surface area is 186 Å². The summed E-state index contributed by atoms with van der Waals surface area (Å²) < 4.78 is 7.81. The Bertz CT molecular complexity index is 1000. The van der Waals surface area contributed by atoms with Crippen molar-refractivity contribution >= 4 is 35.0 Å². The first-order chi connectivity index (χ1) is 14.5. The minimum absolute atomic E-state index is 0.126. The molecular formula is C22H25ClN4O2S. The van der Waals surface area contributed by atoms with E-state index in [0.29, 0.717) is 29.0 Å². The van der Waals surface area contributed by atoms with Crippen LogP contribution >= 0.6 is 23.4 Å². The summed E-state index contributed by atoms with van der Waals surface area (Å²) >= 11 is 7.45. The monoisotopic (exact) mass is 444 g/mol. The number of rotatable bonds is 9. The highest BCUT2D eigenvalue weighted by Crippen LogP contribution is 2.22. The van der Waals surface area contributed by atoms with Gasteiger partial charge in [0, 0.05) is 17.3 Å². The van der Waals surface area contributed by atoms with Crippen LogP contribution in [0.4, 0.5) is 5.69 Å². The summed E-state index contributed by atoms with van der Waals surface area (Å²) in [7, 11) is 0. The van der Waals surface area contributed by atoms with E-state index in [-0.39, 0.29) is 11.7 Å². The van der Waals surface area contributed by atoms with Gasteiger partial charge in [0.05, 0.1) is 5.75 Å². The third-order valence-electron chi connectivity index (χ3n) is 4.60. The first kappa shape index (κ1) is 22.2. The van der Waals surface area contributed by atoms with Crippen molar-refractivity contribution in [3.05, 3.63) is 64.4 Å². The molecule has 0 fully saturated rings. The number of amides is 1. The van der Waals surface area contributed by atoms with Gasteiger partial charge in [-0.05, 0) is 55.7 Å². The second kappa shape index (κ2) is 10.5. The van der Waals surface area contributed by atoms with Crippen LogP contribution in [0.1, 0.15) is 30.8 Å². The Morgan fingerprint density at radius 3 is 2.60 bits per heavy atom. The number of nitrogens with one attached hydrogen (secondary N) is 1. The van der Waals surface area contributed by atoms with Crippen LogP contribution in [-0.4, -0.2) is 26.4 Å². The number of aryl methyl sites for hydroxylation is 2. The second-order valence-corrected chi connectivity index (χ2v) is 8.08. The first-order valence-corrected chi connectivity index (χ1v) is 11.2. The van der Waals surface area contributed by atoms with Crippen molar-refractivity contribution < 1.29 is 9.53 Å². The molecule has 3 aromatic rings. The van der Waals surface area contributed by atoms with E-state index in [9.17, 15) is 4.79 Å². The Kier molecular flexibility index (Phi) is 7.76. The topological polar surface area (TPSA) is 69.0 Å². The van der Waals surface area contributed by atoms with E-state index in [1.807, 2.05) is 42.7 Å². The molecule has 30 heavy (non-hydrogen) atoms. The molecule has 0 saturated heterocycles. The summed E-state index contributed by atoms with van der Waals surface area (Å²) in [5, 5.41) is 12.6. The number of carbonyl (C=O) groups is 1. The Morgan fingerprint density at radius 1 is 1.17 bits per heavy atom. The molecule has 2 aromatic carbocycles. The fourth-order valence-electron chi connectivity index (χ4n) is 2.82. The van der Waals surface area contributed by atoms with Crippen molar-refractivity contribution in [2.75, 3.05) is 11.1 Å². The molecule has 0 bridgehead atoms. The summed E-state index contributed by atoms with van der Waals surface area (Å²) in [5.41, 5.74) is 2.91. The second-order valence-electron chi connectivity index (χ2n) is 6.73.